The molecule has 1 N–H and O–H groups in total. The van der Waals surface area contributed by atoms with Crippen LogP contribution in [0, 0.1) is 5.92 Å². The molecule has 2 heterocycles. The Morgan fingerprint density at radius 3 is 2.91 bits per heavy atom. The predicted molar refractivity (Wildman–Crippen MR) is 90.3 cm³/mol. The van der Waals surface area contributed by atoms with Crippen LogP contribution in [-0.2, 0) is 4.79 Å². The normalized spacial score (nSPS) is 27.3. The number of anilines is 1. The van der Waals surface area contributed by atoms with Crippen molar-refractivity contribution in [1.29, 1.82) is 0 Å². The van der Waals surface area contributed by atoms with Crippen molar-refractivity contribution in [3.05, 3.63) is 24.3 Å². The van der Waals surface area contributed by atoms with Gasteiger partial charge in [0.2, 0.25) is 5.91 Å². The molecule has 1 aromatic carbocycles. The summed E-state index contributed by atoms with van der Waals surface area (Å²) in [5.74, 6) is 1.41. The van der Waals surface area contributed by atoms with Crippen molar-refractivity contribution in [2.45, 2.75) is 37.3 Å². The molecule has 2 aliphatic rings. The van der Waals surface area contributed by atoms with E-state index >= 15 is 0 Å². The van der Waals surface area contributed by atoms with Crippen molar-refractivity contribution in [2.24, 2.45) is 5.92 Å². The molecule has 2 aliphatic heterocycles. The molecular weight excluding hydrogens is 296 g/mol. The molecule has 0 aromatic heterocycles. The molecule has 5 heteroatoms. The molecule has 1 aromatic rings. The molecule has 3 rings (SSSR count). The van der Waals surface area contributed by atoms with Crippen LogP contribution in [0.2, 0.25) is 0 Å². The summed E-state index contributed by atoms with van der Waals surface area (Å²) < 4.78 is 0. The highest BCUT2D eigenvalue weighted by atomic mass is 32.2. The number of nitrogens with zero attached hydrogens (tertiary/aromatic N) is 2. The SMILES string of the molecule is CC1CCN(C(C)C(=O)N2CCSc3ccccc32)CC1O. The topological polar surface area (TPSA) is 43.8 Å². The lowest BCUT2D eigenvalue weighted by Crippen LogP contribution is -2.54. The Morgan fingerprint density at radius 2 is 2.14 bits per heavy atom. The number of likely N-dealkylation sites (tertiary alicyclic amines) is 1. The molecule has 0 bridgehead atoms. The highest BCUT2D eigenvalue weighted by Crippen LogP contribution is 2.35. The number of β-amino-alcohol motifs (C(OH)–C–C–N with tert-alkyl or cyclic N) is 1. The van der Waals surface area contributed by atoms with E-state index in [2.05, 4.69) is 17.9 Å². The van der Waals surface area contributed by atoms with Crippen molar-refractivity contribution in [1.82, 2.24) is 4.90 Å². The van der Waals surface area contributed by atoms with Crippen LogP contribution in [0.1, 0.15) is 20.3 Å². The summed E-state index contributed by atoms with van der Waals surface area (Å²) in [6.45, 7) is 6.29. The summed E-state index contributed by atoms with van der Waals surface area (Å²) in [5, 5.41) is 10.1. The third-order valence-corrected chi connectivity index (χ3v) is 5.89. The smallest absolute Gasteiger partial charge is 0.244 e. The molecule has 1 fully saturated rings. The summed E-state index contributed by atoms with van der Waals surface area (Å²) >= 11 is 1.81. The van der Waals surface area contributed by atoms with Gasteiger partial charge in [0, 0.05) is 23.7 Å². The maximum Gasteiger partial charge on any atom is 0.244 e. The van der Waals surface area contributed by atoms with E-state index < -0.39 is 0 Å². The first-order valence-electron chi connectivity index (χ1n) is 8.03. The number of aliphatic hydroxyl groups is 1. The lowest BCUT2D eigenvalue weighted by molar-refractivity contribution is -0.124. The second-order valence-electron chi connectivity index (χ2n) is 6.31. The maximum absolute atomic E-state index is 12.9. The molecule has 22 heavy (non-hydrogen) atoms. The van der Waals surface area contributed by atoms with Gasteiger partial charge in [0.25, 0.3) is 0 Å². The monoisotopic (exact) mass is 320 g/mol. The van der Waals surface area contributed by atoms with Crippen LogP contribution in [-0.4, -0.2) is 53.4 Å². The van der Waals surface area contributed by atoms with Gasteiger partial charge in [0.05, 0.1) is 17.8 Å². The summed E-state index contributed by atoms with van der Waals surface area (Å²) in [6.07, 6.45) is 0.624. The summed E-state index contributed by atoms with van der Waals surface area (Å²) in [7, 11) is 0. The van der Waals surface area contributed by atoms with E-state index in [-0.39, 0.29) is 18.1 Å². The molecule has 1 amide bonds. The number of amides is 1. The number of benzene rings is 1. The van der Waals surface area contributed by atoms with E-state index in [4.69, 9.17) is 0 Å². The number of carbonyl (C=O) groups is 1. The van der Waals surface area contributed by atoms with E-state index in [0.29, 0.717) is 12.5 Å². The van der Waals surface area contributed by atoms with Gasteiger partial charge in [-0.15, -0.1) is 11.8 Å². The number of thioether (sulfide) groups is 1. The molecule has 0 radical (unpaired) electrons. The van der Waals surface area contributed by atoms with Gasteiger partial charge in [-0.25, -0.2) is 0 Å². The van der Waals surface area contributed by atoms with Gasteiger partial charge in [0.1, 0.15) is 0 Å². The van der Waals surface area contributed by atoms with Crippen LogP contribution < -0.4 is 4.90 Å². The third-order valence-electron chi connectivity index (χ3n) is 4.85. The molecule has 0 spiro atoms. The zero-order valence-electron chi connectivity index (χ0n) is 13.2. The van der Waals surface area contributed by atoms with Gasteiger partial charge in [-0.1, -0.05) is 19.1 Å². The molecule has 0 saturated carbocycles. The molecule has 3 atom stereocenters. The zero-order chi connectivity index (χ0) is 15.7. The summed E-state index contributed by atoms with van der Waals surface area (Å²) in [6, 6.07) is 7.93. The maximum atomic E-state index is 12.9. The van der Waals surface area contributed by atoms with Crippen LogP contribution in [0.3, 0.4) is 0 Å². The predicted octanol–water partition coefficient (Wildman–Crippen LogP) is 2.22. The molecule has 4 nitrogen and oxygen atoms in total. The van der Waals surface area contributed by atoms with Crippen LogP contribution in [0.4, 0.5) is 5.69 Å². The van der Waals surface area contributed by atoms with Gasteiger partial charge in [-0.05, 0) is 37.9 Å². The van der Waals surface area contributed by atoms with Gasteiger partial charge in [0.15, 0.2) is 0 Å². The van der Waals surface area contributed by atoms with Crippen LogP contribution in [0.5, 0.6) is 0 Å². The average molecular weight is 320 g/mol. The number of hydrogen-bond donors (Lipinski definition) is 1. The van der Waals surface area contributed by atoms with E-state index in [0.717, 1.165) is 31.0 Å². The lowest BCUT2D eigenvalue weighted by atomic mass is 9.95. The fraction of sp³-hybridized carbons (Fsp3) is 0.588. The van der Waals surface area contributed by atoms with Crippen molar-refractivity contribution in [2.75, 3.05) is 30.3 Å². The molecular formula is C17H24N2O2S. The number of piperidine rings is 1. The molecule has 0 aliphatic carbocycles. The minimum absolute atomic E-state index is 0.148. The first-order valence-corrected chi connectivity index (χ1v) is 9.02. The standard InChI is InChI=1S/C17H24N2O2S/c1-12-7-8-18(11-15(12)20)13(2)17(21)19-9-10-22-16-6-4-3-5-14(16)19/h3-6,12-13,15,20H,7-11H2,1-2H3. The zero-order valence-corrected chi connectivity index (χ0v) is 14.1. The Bertz CT molecular complexity index is 551. The number of aliphatic hydroxyl groups excluding tert-OH is 1. The Hall–Kier alpha value is -1.04. The number of hydrogen-bond acceptors (Lipinski definition) is 4. The van der Waals surface area contributed by atoms with E-state index in [1.54, 1.807) is 0 Å². The fourth-order valence-corrected chi connectivity index (χ4v) is 4.20. The fourth-order valence-electron chi connectivity index (χ4n) is 3.21. The molecule has 1 saturated heterocycles. The average Bonchev–Trinajstić information content (AvgIpc) is 2.55. The lowest BCUT2D eigenvalue weighted by Gasteiger charge is -2.39. The second-order valence-corrected chi connectivity index (χ2v) is 7.45. The second kappa shape index (κ2) is 6.60. The van der Waals surface area contributed by atoms with Gasteiger partial charge in [-0.2, -0.15) is 0 Å². The number of fused-ring (bicyclic) bond motifs is 1. The van der Waals surface area contributed by atoms with Crippen LogP contribution >= 0.6 is 11.8 Å². The van der Waals surface area contributed by atoms with Crippen LogP contribution in [0.25, 0.3) is 0 Å². The van der Waals surface area contributed by atoms with E-state index in [1.165, 1.54) is 4.90 Å². The Kier molecular flexibility index (Phi) is 4.76. The van der Waals surface area contributed by atoms with Gasteiger partial charge < -0.3 is 10.0 Å². The van der Waals surface area contributed by atoms with Crippen molar-refractivity contribution >= 4 is 23.4 Å². The first-order chi connectivity index (χ1) is 10.6. The minimum Gasteiger partial charge on any atom is -0.392 e. The van der Waals surface area contributed by atoms with Crippen LogP contribution in [0.15, 0.2) is 29.2 Å². The third kappa shape index (κ3) is 3.03. The molecule has 3 unspecified atom stereocenters. The summed E-state index contributed by atoms with van der Waals surface area (Å²) in [4.78, 5) is 18.2. The Labute approximate surface area is 136 Å². The Balaban J connectivity index is 1.74. The van der Waals surface area contributed by atoms with Crippen molar-refractivity contribution in [3.63, 3.8) is 0 Å². The summed E-state index contributed by atoms with van der Waals surface area (Å²) in [5.41, 5.74) is 1.03. The Morgan fingerprint density at radius 1 is 1.36 bits per heavy atom. The van der Waals surface area contributed by atoms with Crippen molar-refractivity contribution < 1.29 is 9.90 Å². The van der Waals surface area contributed by atoms with E-state index in [9.17, 15) is 9.90 Å². The van der Waals surface area contributed by atoms with Gasteiger partial charge >= 0.3 is 0 Å². The van der Waals surface area contributed by atoms with Crippen molar-refractivity contribution in [3.8, 4) is 0 Å². The highest BCUT2D eigenvalue weighted by Gasteiger charge is 2.33. The van der Waals surface area contributed by atoms with E-state index in [1.807, 2.05) is 41.8 Å². The highest BCUT2D eigenvalue weighted by molar-refractivity contribution is 7.99. The number of rotatable bonds is 2. The largest absolute Gasteiger partial charge is 0.392 e. The van der Waals surface area contributed by atoms with Gasteiger partial charge in [-0.3, -0.25) is 9.69 Å². The number of carbonyl (C=O) groups excluding carboxylic acids is 1. The minimum atomic E-state index is -0.326. The first kappa shape index (κ1) is 15.8. The quantitative estimate of drug-likeness (QED) is 0.907. The number of para-hydroxylation sites is 1. The molecule has 120 valence electrons.